The van der Waals surface area contributed by atoms with Crippen molar-refractivity contribution < 1.29 is 9.59 Å². The SMILES string of the molecule is C[C@H](NC(=O)Nc1cnn(-c2ccc(Cl)cc2)c1)C(=O)N(C)C. The quantitative estimate of drug-likeness (QED) is 0.898. The summed E-state index contributed by atoms with van der Waals surface area (Å²) in [4.78, 5) is 25.0. The van der Waals surface area contributed by atoms with Gasteiger partial charge in [0.25, 0.3) is 0 Å². The number of halogens is 1. The van der Waals surface area contributed by atoms with Crippen LogP contribution in [0.15, 0.2) is 36.7 Å². The van der Waals surface area contributed by atoms with E-state index in [0.717, 1.165) is 5.69 Å². The molecule has 7 nitrogen and oxygen atoms in total. The Balaban J connectivity index is 1.97. The van der Waals surface area contributed by atoms with Crippen LogP contribution in [0.2, 0.25) is 5.02 Å². The highest BCUT2D eigenvalue weighted by Crippen LogP contribution is 2.15. The fourth-order valence-corrected chi connectivity index (χ4v) is 2.06. The Morgan fingerprint density at radius 1 is 1.26 bits per heavy atom. The molecule has 0 unspecified atom stereocenters. The molecule has 0 bridgehead atoms. The molecule has 1 aromatic heterocycles. The van der Waals surface area contributed by atoms with Crippen molar-refractivity contribution in [3.8, 4) is 5.69 Å². The van der Waals surface area contributed by atoms with Crippen LogP contribution in [-0.2, 0) is 4.79 Å². The third-order valence-electron chi connectivity index (χ3n) is 3.09. The molecule has 0 saturated heterocycles. The second-order valence-corrected chi connectivity index (χ2v) is 5.64. The zero-order valence-corrected chi connectivity index (χ0v) is 13.8. The van der Waals surface area contributed by atoms with Crippen LogP contribution < -0.4 is 10.6 Å². The van der Waals surface area contributed by atoms with Crippen molar-refractivity contribution in [3.05, 3.63) is 41.7 Å². The lowest BCUT2D eigenvalue weighted by Crippen LogP contribution is -2.45. The molecule has 23 heavy (non-hydrogen) atoms. The summed E-state index contributed by atoms with van der Waals surface area (Å²) in [6, 6.07) is 6.06. The fourth-order valence-electron chi connectivity index (χ4n) is 1.94. The van der Waals surface area contributed by atoms with Gasteiger partial charge in [-0.3, -0.25) is 4.79 Å². The summed E-state index contributed by atoms with van der Waals surface area (Å²) in [5, 5.41) is 10.0. The molecule has 0 radical (unpaired) electrons. The first kappa shape index (κ1) is 16.8. The molecule has 2 N–H and O–H groups in total. The Hall–Kier alpha value is -2.54. The fraction of sp³-hybridized carbons (Fsp3) is 0.267. The van der Waals surface area contributed by atoms with E-state index in [9.17, 15) is 9.59 Å². The number of carbonyl (C=O) groups is 2. The average molecular weight is 336 g/mol. The van der Waals surface area contributed by atoms with Crippen molar-refractivity contribution >= 4 is 29.2 Å². The standard InChI is InChI=1S/C15H18ClN5O2/c1-10(14(22)20(2)3)18-15(23)19-12-8-17-21(9-12)13-6-4-11(16)5-7-13/h4-10H,1-3H3,(H2,18,19,23)/t10-/m0/s1. The monoisotopic (exact) mass is 335 g/mol. The maximum atomic E-state index is 11.9. The second kappa shape index (κ2) is 7.15. The number of hydrogen-bond donors (Lipinski definition) is 2. The van der Waals surface area contributed by atoms with Crippen LogP contribution in [0.3, 0.4) is 0 Å². The molecule has 3 amide bonds. The molecule has 1 aromatic carbocycles. The highest BCUT2D eigenvalue weighted by molar-refractivity contribution is 6.30. The first-order valence-electron chi connectivity index (χ1n) is 6.96. The van der Waals surface area contributed by atoms with E-state index in [-0.39, 0.29) is 5.91 Å². The van der Waals surface area contributed by atoms with E-state index in [1.54, 1.807) is 44.0 Å². The van der Waals surface area contributed by atoms with Crippen molar-refractivity contribution in [3.63, 3.8) is 0 Å². The third-order valence-corrected chi connectivity index (χ3v) is 3.34. The Kier molecular flexibility index (Phi) is 5.23. The molecule has 0 fully saturated rings. The minimum atomic E-state index is -0.615. The van der Waals surface area contributed by atoms with Gasteiger partial charge < -0.3 is 15.5 Å². The lowest BCUT2D eigenvalue weighted by atomic mass is 10.3. The normalized spacial score (nSPS) is 11.7. The van der Waals surface area contributed by atoms with Crippen LogP contribution in [0.25, 0.3) is 5.69 Å². The van der Waals surface area contributed by atoms with E-state index < -0.39 is 12.1 Å². The van der Waals surface area contributed by atoms with E-state index in [2.05, 4.69) is 15.7 Å². The van der Waals surface area contributed by atoms with Crippen LogP contribution in [0.5, 0.6) is 0 Å². The number of urea groups is 1. The van der Waals surface area contributed by atoms with Gasteiger partial charge >= 0.3 is 6.03 Å². The largest absolute Gasteiger partial charge is 0.347 e. The van der Waals surface area contributed by atoms with Gasteiger partial charge in [0.15, 0.2) is 0 Å². The van der Waals surface area contributed by atoms with E-state index >= 15 is 0 Å². The first-order valence-corrected chi connectivity index (χ1v) is 7.34. The smallest absolute Gasteiger partial charge is 0.319 e. The van der Waals surface area contributed by atoms with Gasteiger partial charge in [-0.05, 0) is 31.2 Å². The van der Waals surface area contributed by atoms with Crippen molar-refractivity contribution in [2.75, 3.05) is 19.4 Å². The summed E-state index contributed by atoms with van der Waals surface area (Å²) >= 11 is 5.84. The molecule has 0 saturated carbocycles. The van der Waals surface area contributed by atoms with Gasteiger partial charge in [-0.25, -0.2) is 9.48 Å². The van der Waals surface area contributed by atoms with Gasteiger partial charge in [-0.2, -0.15) is 5.10 Å². The van der Waals surface area contributed by atoms with Crippen molar-refractivity contribution in [1.82, 2.24) is 20.0 Å². The molecule has 2 aromatic rings. The number of nitrogens with zero attached hydrogens (tertiary/aromatic N) is 3. The molecular formula is C15H18ClN5O2. The van der Waals surface area contributed by atoms with Gasteiger partial charge in [0.1, 0.15) is 6.04 Å². The highest BCUT2D eigenvalue weighted by atomic mass is 35.5. The summed E-state index contributed by atoms with van der Waals surface area (Å²) in [5.41, 5.74) is 1.33. The highest BCUT2D eigenvalue weighted by Gasteiger charge is 2.17. The van der Waals surface area contributed by atoms with Gasteiger partial charge in [0.05, 0.1) is 23.8 Å². The molecular weight excluding hydrogens is 318 g/mol. The molecule has 2 rings (SSSR count). The number of rotatable bonds is 4. The number of likely N-dealkylation sites (N-methyl/N-ethyl adjacent to an activating group) is 1. The lowest BCUT2D eigenvalue weighted by molar-refractivity contribution is -0.130. The van der Waals surface area contributed by atoms with Crippen molar-refractivity contribution in [2.24, 2.45) is 0 Å². The number of carbonyl (C=O) groups excluding carboxylic acids is 2. The number of benzene rings is 1. The topological polar surface area (TPSA) is 79.3 Å². The minimum Gasteiger partial charge on any atom is -0.347 e. The number of hydrogen-bond acceptors (Lipinski definition) is 3. The molecule has 1 atom stereocenters. The summed E-state index contributed by atoms with van der Waals surface area (Å²) in [7, 11) is 3.27. The minimum absolute atomic E-state index is 0.183. The van der Waals surface area contributed by atoms with E-state index in [4.69, 9.17) is 11.6 Å². The van der Waals surface area contributed by atoms with Gasteiger partial charge in [0, 0.05) is 19.1 Å². The third kappa shape index (κ3) is 4.46. The second-order valence-electron chi connectivity index (χ2n) is 5.20. The van der Waals surface area contributed by atoms with E-state index in [1.807, 2.05) is 12.1 Å². The van der Waals surface area contributed by atoms with Crippen LogP contribution in [-0.4, -0.2) is 46.8 Å². The number of anilines is 1. The lowest BCUT2D eigenvalue weighted by Gasteiger charge is -2.17. The zero-order chi connectivity index (χ0) is 17.0. The molecule has 1 heterocycles. The Morgan fingerprint density at radius 3 is 2.52 bits per heavy atom. The summed E-state index contributed by atoms with van der Waals surface area (Å²) in [5.74, 6) is -0.183. The predicted octanol–water partition coefficient (Wildman–Crippen LogP) is 2.12. The summed E-state index contributed by atoms with van der Waals surface area (Å²) < 4.78 is 1.61. The Labute approximate surface area is 139 Å². The van der Waals surface area contributed by atoms with Crippen LogP contribution >= 0.6 is 11.6 Å². The summed E-state index contributed by atoms with van der Waals surface area (Å²) in [6.45, 7) is 1.62. The number of nitrogens with one attached hydrogen (secondary N) is 2. The summed E-state index contributed by atoms with van der Waals surface area (Å²) in [6.07, 6.45) is 3.19. The van der Waals surface area contributed by atoms with E-state index in [1.165, 1.54) is 11.1 Å². The molecule has 122 valence electrons. The molecule has 0 aliphatic rings. The van der Waals surface area contributed by atoms with E-state index in [0.29, 0.717) is 10.7 Å². The zero-order valence-electron chi connectivity index (χ0n) is 13.1. The van der Waals surface area contributed by atoms with Gasteiger partial charge in [0.2, 0.25) is 5.91 Å². The van der Waals surface area contributed by atoms with Crippen LogP contribution in [0.1, 0.15) is 6.92 Å². The van der Waals surface area contributed by atoms with Crippen molar-refractivity contribution in [1.29, 1.82) is 0 Å². The van der Waals surface area contributed by atoms with Crippen molar-refractivity contribution in [2.45, 2.75) is 13.0 Å². The molecule has 0 aliphatic carbocycles. The Morgan fingerprint density at radius 2 is 1.91 bits per heavy atom. The molecule has 0 aliphatic heterocycles. The Bertz CT molecular complexity index is 696. The van der Waals surface area contributed by atoms with Gasteiger partial charge in [-0.1, -0.05) is 11.6 Å². The molecule has 0 spiro atoms. The van der Waals surface area contributed by atoms with Crippen LogP contribution in [0, 0.1) is 0 Å². The predicted molar refractivity (Wildman–Crippen MR) is 88.9 cm³/mol. The molecule has 8 heteroatoms. The van der Waals surface area contributed by atoms with Crippen LogP contribution in [0.4, 0.5) is 10.5 Å². The number of amides is 3. The maximum Gasteiger partial charge on any atom is 0.319 e. The average Bonchev–Trinajstić information content (AvgIpc) is 2.95. The first-order chi connectivity index (χ1) is 10.9. The number of aromatic nitrogens is 2. The maximum absolute atomic E-state index is 11.9. The van der Waals surface area contributed by atoms with Gasteiger partial charge in [-0.15, -0.1) is 0 Å².